The molecule has 0 saturated carbocycles. The Hall–Kier alpha value is -3.13. The maximum absolute atomic E-state index is 15.0. The molecule has 4 rings (SSSR count). The number of hydrogen-bond acceptors (Lipinski definition) is 5. The molecular weight excluding hydrogens is 461 g/mol. The van der Waals surface area contributed by atoms with Crippen molar-refractivity contribution >= 4 is 11.8 Å². The largest absolute Gasteiger partial charge is 0.493 e. The molecule has 0 aromatic heterocycles. The number of carbonyl (C=O) groups is 2. The maximum atomic E-state index is 15.0. The molecule has 2 atom stereocenters. The lowest BCUT2D eigenvalue weighted by molar-refractivity contribution is -0.124. The van der Waals surface area contributed by atoms with Crippen molar-refractivity contribution in [2.24, 2.45) is 0 Å². The van der Waals surface area contributed by atoms with Gasteiger partial charge >= 0.3 is 0 Å². The second kappa shape index (κ2) is 11.7. The highest BCUT2D eigenvalue weighted by Gasteiger charge is 2.44. The molecule has 0 bridgehead atoms. The molecule has 0 aliphatic carbocycles. The van der Waals surface area contributed by atoms with Crippen LogP contribution in [0.15, 0.2) is 36.4 Å². The lowest BCUT2D eigenvalue weighted by atomic mass is 9.79. The highest BCUT2D eigenvalue weighted by molar-refractivity contribution is 6.02. The smallest absolute Gasteiger partial charge is 0.254 e. The molecule has 2 aliphatic rings. The van der Waals surface area contributed by atoms with Gasteiger partial charge in [0.1, 0.15) is 5.82 Å². The zero-order valence-electron chi connectivity index (χ0n) is 21.4. The van der Waals surface area contributed by atoms with Gasteiger partial charge in [0.05, 0.1) is 26.2 Å². The summed E-state index contributed by atoms with van der Waals surface area (Å²) in [6.07, 6.45) is 5.84. The van der Waals surface area contributed by atoms with Crippen molar-refractivity contribution in [3.63, 3.8) is 0 Å². The molecule has 2 heterocycles. The molecule has 2 aromatic carbocycles. The Morgan fingerprint density at radius 1 is 1.03 bits per heavy atom. The Balaban J connectivity index is 1.63. The highest BCUT2D eigenvalue weighted by Crippen LogP contribution is 2.46. The van der Waals surface area contributed by atoms with Crippen LogP contribution >= 0.6 is 0 Å². The first-order valence-corrected chi connectivity index (χ1v) is 12.7. The van der Waals surface area contributed by atoms with Gasteiger partial charge in [0.15, 0.2) is 11.5 Å². The topological polar surface area (TPSA) is 71.1 Å². The van der Waals surface area contributed by atoms with Crippen molar-refractivity contribution in [3.8, 4) is 11.5 Å². The summed E-state index contributed by atoms with van der Waals surface area (Å²) < 4.78 is 25.8. The van der Waals surface area contributed by atoms with Crippen LogP contribution in [0.3, 0.4) is 0 Å². The predicted molar refractivity (Wildman–Crippen MR) is 136 cm³/mol. The molecule has 1 N–H and O–H groups in total. The van der Waals surface area contributed by atoms with E-state index in [9.17, 15) is 14.0 Å². The van der Waals surface area contributed by atoms with E-state index >= 15 is 0 Å². The Bertz CT molecular complexity index is 1080. The van der Waals surface area contributed by atoms with Crippen molar-refractivity contribution < 1.29 is 23.5 Å². The van der Waals surface area contributed by atoms with Gasteiger partial charge in [-0.15, -0.1) is 0 Å². The summed E-state index contributed by atoms with van der Waals surface area (Å²) in [7, 11) is 4.61. The van der Waals surface area contributed by atoms with E-state index in [-0.39, 0.29) is 11.8 Å². The number of rotatable bonds is 8. The predicted octanol–water partition coefficient (Wildman–Crippen LogP) is 4.14. The zero-order valence-corrected chi connectivity index (χ0v) is 21.4. The third-order valence-electron chi connectivity index (χ3n) is 7.33. The molecule has 36 heavy (non-hydrogen) atoms. The second-order valence-electron chi connectivity index (χ2n) is 9.55. The monoisotopic (exact) mass is 497 g/mol. The number of fused-ring (bicyclic) bond motifs is 1. The first-order chi connectivity index (χ1) is 17.5. The zero-order chi connectivity index (χ0) is 25.7. The van der Waals surface area contributed by atoms with Crippen LogP contribution in [0.25, 0.3) is 0 Å². The van der Waals surface area contributed by atoms with Crippen molar-refractivity contribution in [1.82, 2.24) is 15.1 Å². The van der Waals surface area contributed by atoms with E-state index in [0.717, 1.165) is 26.1 Å². The normalized spacial score (nSPS) is 20.4. The average molecular weight is 498 g/mol. The summed E-state index contributed by atoms with van der Waals surface area (Å²) in [5.74, 6) is -0.988. The Kier molecular flexibility index (Phi) is 8.46. The molecule has 8 heteroatoms. The number of likely N-dealkylation sites (N-methyl/N-ethyl adjacent to an activating group) is 1. The van der Waals surface area contributed by atoms with E-state index in [4.69, 9.17) is 9.47 Å². The third kappa shape index (κ3) is 5.33. The summed E-state index contributed by atoms with van der Waals surface area (Å²) in [4.78, 5) is 31.0. The molecule has 1 saturated heterocycles. The molecule has 0 radical (unpaired) electrons. The standard InChI is InChI=1S/C28H36FN3O4/c1-31-26(19-11-6-7-12-22(19)29)25(20-17-23(35-2)24(36-3)18-21(20)28(31)34)27(33)30-13-10-16-32-14-8-4-5-9-15-32/h6-7,11-12,17-18,25-26H,4-5,8-10,13-16H2,1-3H3,(H,30,33)/t25-,26+/m0/s1. The van der Waals surface area contributed by atoms with Crippen LogP contribution < -0.4 is 14.8 Å². The fourth-order valence-electron chi connectivity index (χ4n) is 5.42. The van der Waals surface area contributed by atoms with E-state index in [0.29, 0.717) is 34.7 Å². The maximum Gasteiger partial charge on any atom is 0.254 e. The number of likely N-dealkylation sites (tertiary alicyclic amines) is 1. The number of hydrogen-bond donors (Lipinski definition) is 1. The van der Waals surface area contributed by atoms with Crippen LogP contribution in [0.2, 0.25) is 0 Å². The molecule has 7 nitrogen and oxygen atoms in total. The van der Waals surface area contributed by atoms with Gasteiger partial charge < -0.3 is 24.6 Å². The summed E-state index contributed by atoms with van der Waals surface area (Å²) in [5.41, 5.74) is 1.17. The molecule has 2 aromatic rings. The lowest BCUT2D eigenvalue weighted by Crippen LogP contribution is -2.46. The molecule has 1 fully saturated rings. The van der Waals surface area contributed by atoms with E-state index in [1.165, 1.54) is 50.9 Å². The van der Waals surface area contributed by atoms with Gasteiger partial charge in [-0.25, -0.2) is 4.39 Å². The van der Waals surface area contributed by atoms with Crippen LogP contribution in [0, 0.1) is 5.82 Å². The minimum atomic E-state index is -0.808. The minimum Gasteiger partial charge on any atom is -0.493 e. The molecule has 0 spiro atoms. The van der Waals surface area contributed by atoms with Gasteiger partial charge in [-0.3, -0.25) is 9.59 Å². The van der Waals surface area contributed by atoms with Gasteiger partial charge in [0.2, 0.25) is 5.91 Å². The summed E-state index contributed by atoms with van der Waals surface area (Å²) in [6.45, 7) is 3.65. The van der Waals surface area contributed by atoms with Gasteiger partial charge in [0, 0.05) is 24.7 Å². The minimum absolute atomic E-state index is 0.244. The molecule has 2 aliphatic heterocycles. The number of methoxy groups -OCH3 is 2. The quantitative estimate of drug-likeness (QED) is 0.556. The van der Waals surface area contributed by atoms with Crippen molar-refractivity contribution in [2.75, 3.05) is 47.4 Å². The second-order valence-corrected chi connectivity index (χ2v) is 9.55. The van der Waals surface area contributed by atoms with E-state index < -0.39 is 17.8 Å². The number of carbonyl (C=O) groups excluding carboxylic acids is 2. The summed E-state index contributed by atoms with van der Waals surface area (Å²) >= 11 is 0. The highest BCUT2D eigenvalue weighted by atomic mass is 19.1. The number of benzene rings is 2. The van der Waals surface area contributed by atoms with Gasteiger partial charge in [-0.2, -0.15) is 0 Å². The fraction of sp³-hybridized carbons (Fsp3) is 0.500. The molecular formula is C28H36FN3O4. The first-order valence-electron chi connectivity index (χ1n) is 12.7. The van der Waals surface area contributed by atoms with Crippen LogP contribution in [0.5, 0.6) is 11.5 Å². The summed E-state index contributed by atoms with van der Waals surface area (Å²) in [6, 6.07) is 8.79. The van der Waals surface area contributed by atoms with E-state index in [1.807, 2.05) is 0 Å². The van der Waals surface area contributed by atoms with Gasteiger partial charge in [-0.1, -0.05) is 31.0 Å². The van der Waals surface area contributed by atoms with E-state index in [2.05, 4.69) is 10.2 Å². The van der Waals surface area contributed by atoms with Crippen LogP contribution in [0.4, 0.5) is 4.39 Å². The Morgan fingerprint density at radius 3 is 2.36 bits per heavy atom. The molecule has 2 amide bonds. The SMILES string of the molecule is COc1cc2c(cc1OC)[C@H](C(=O)NCCCN1CCCCCC1)[C@@H](c1ccccc1F)N(C)C2=O. The fourth-order valence-corrected chi connectivity index (χ4v) is 5.42. The third-order valence-corrected chi connectivity index (χ3v) is 7.33. The lowest BCUT2D eigenvalue weighted by Gasteiger charge is -2.40. The van der Waals surface area contributed by atoms with Crippen LogP contribution in [-0.2, 0) is 4.79 Å². The van der Waals surface area contributed by atoms with Crippen LogP contribution in [0.1, 0.15) is 65.5 Å². The number of ether oxygens (including phenoxy) is 2. The van der Waals surface area contributed by atoms with Gasteiger partial charge in [0.25, 0.3) is 5.91 Å². The summed E-state index contributed by atoms with van der Waals surface area (Å²) in [5, 5.41) is 3.07. The van der Waals surface area contributed by atoms with E-state index in [1.54, 1.807) is 37.4 Å². The average Bonchev–Trinajstić information content (AvgIpc) is 3.17. The molecule has 0 unspecified atom stereocenters. The van der Waals surface area contributed by atoms with Crippen LogP contribution in [-0.4, -0.2) is 69.1 Å². The number of amides is 2. The van der Waals surface area contributed by atoms with Crippen molar-refractivity contribution in [2.45, 2.75) is 44.1 Å². The molecule has 194 valence electrons. The van der Waals surface area contributed by atoms with Gasteiger partial charge in [-0.05, 0) is 62.7 Å². The Labute approximate surface area is 212 Å². The Morgan fingerprint density at radius 2 is 1.69 bits per heavy atom. The number of halogens is 1. The number of nitrogens with one attached hydrogen (secondary N) is 1. The van der Waals surface area contributed by atoms with Crippen molar-refractivity contribution in [1.29, 1.82) is 0 Å². The first kappa shape index (κ1) is 25.9. The van der Waals surface area contributed by atoms with Crippen molar-refractivity contribution in [3.05, 3.63) is 58.9 Å². The number of nitrogens with zero attached hydrogens (tertiary/aromatic N) is 2.